The molecule has 0 saturated carbocycles. The highest BCUT2D eigenvalue weighted by Crippen LogP contribution is 2.45. The quantitative estimate of drug-likeness (QED) is 0.152. The molecule has 0 spiro atoms. The minimum atomic E-state index is -0.268. The van der Waals surface area contributed by atoms with Crippen molar-refractivity contribution in [2.24, 2.45) is 0 Å². The highest BCUT2D eigenvalue weighted by Gasteiger charge is 2.21. The van der Waals surface area contributed by atoms with Gasteiger partial charge >= 0.3 is 0 Å². The van der Waals surface area contributed by atoms with Crippen LogP contribution in [-0.4, -0.2) is 4.57 Å². The molecular weight excluding hydrogens is 746 g/mol. The fraction of sp³-hybridized carbons (Fsp3) is 0.0175. The maximum Gasteiger partial charge on any atom is 0.123 e. The van der Waals surface area contributed by atoms with Gasteiger partial charge in [-0.05, 0) is 126 Å². The number of halogens is 1. The van der Waals surface area contributed by atoms with E-state index in [0.29, 0.717) is 0 Å². The van der Waals surface area contributed by atoms with Gasteiger partial charge in [0.2, 0.25) is 0 Å². The van der Waals surface area contributed by atoms with E-state index in [0.717, 1.165) is 78.1 Å². The fourth-order valence-electron chi connectivity index (χ4n) is 9.02. The van der Waals surface area contributed by atoms with E-state index in [9.17, 15) is 4.39 Å². The van der Waals surface area contributed by atoms with Gasteiger partial charge in [-0.25, -0.2) is 4.39 Å². The fourth-order valence-corrected chi connectivity index (χ4v) is 9.02. The molecule has 11 rings (SSSR count). The van der Waals surface area contributed by atoms with Crippen LogP contribution in [0.15, 0.2) is 224 Å². The van der Waals surface area contributed by atoms with Crippen LogP contribution in [0.1, 0.15) is 5.56 Å². The number of hydrogen-bond donors (Lipinski definition) is 0. The normalized spacial score (nSPS) is 11.4. The molecule has 4 heteroatoms. The Hall–Kier alpha value is -7.95. The third kappa shape index (κ3) is 6.37. The van der Waals surface area contributed by atoms with Crippen molar-refractivity contribution in [1.29, 1.82) is 0 Å². The van der Waals surface area contributed by atoms with Gasteiger partial charge in [0.15, 0.2) is 0 Å². The van der Waals surface area contributed by atoms with E-state index in [1.165, 1.54) is 21.7 Å². The van der Waals surface area contributed by atoms with Gasteiger partial charge in [0.05, 0.1) is 22.4 Å². The van der Waals surface area contributed by atoms with E-state index >= 15 is 0 Å². The van der Waals surface area contributed by atoms with E-state index in [2.05, 4.69) is 215 Å². The molecule has 0 radical (unpaired) electrons. The molecule has 0 atom stereocenters. The molecule has 0 aliphatic rings. The van der Waals surface area contributed by atoms with Crippen molar-refractivity contribution >= 4 is 77.5 Å². The summed E-state index contributed by atoms with van der Waals surface area (Å²) in [5, 5.41) is 6.95. The van der Waals surface area contributed by atoms with Crippen LogP contribution >= 0.6 is 0 Å². The molecule has 1 heterocycles. The summed E-state index contributed by atoms with van der Waals surface area (Å²) < 4.78 is 16.9. The van der Waals surface area contributed by atoms with E-state index in [1.54, 1.807) is 12.1 Å². The Labute approximate surface area is 354 Å². The second-order valence-electron chi connectivity index (χ2n) is 15.6. The van der Waals surface area contributed by atoms with Gasteiger partial charge in [0.25, 0.3) is 0 Å². The van der Waals surface area contributed by atoms with Crippen LogP contribution < -0.4 is 9.80 Å². The molecule has 61 heavy (non-hydrogen) atoms. The number of benzene rings is 10. The SMILES string of the molecule is Cc1ccc(N(c2ccc(-c3ccc(N(c4ccc(F)cc4)c4ccc5c(c4)c4ccccc4n5-c4ccccc4)c4ccccc34)cc2)c2cccc3ccccc23)cc1. The van der Waals surface area contributed by atoms with Crippen LogP contribution in [-0.2, 0) is 0 Å². The zero-order valence-corrected chi connectivity index (χ0v) is 33.6. The maximum atomic E-state index is 14.5. The highest BCUT2D eigenvalue weighted by molar-refractivity contribution is 6.12. The van der Waals surface area contributed by atoms with E-state index in [-0.39, 0.29) is 5.82 Å². The van der Waals surface area contributed by atoms with Crippen LogP contribution in [0.5, 0.6) is 0 Å². The Morgan fingerprint density at radius 3 is 1.67 bits per heavy atom. The Kier molecular flexibility index (Phi) is 8.90. The number of nitrogens with zero attached hydrogens (tertiary/aromatic N) is 3. The molecule has 0 N–H and O–H groups in total. The van der Waals surface area contributed by atoms with E-state index in [1.807, 2.05) is 18.2 Å². The maximum absolute atomic E-state index is 14.5. The molecule has 11 aromatic rings. The highest BCUT2D eigenvalue weighted by atomic mass is 19.1. The van der Waals surface area contributed by atoms with Gasteiger partial charge in [0, 0.05) is 50.0 Å². The zero-order chi connectivity index (χ0) is 40.9. The van der Waals surface area contributed by atoms with Crippen LogP contribution in [0.25, 0.3) is 60.2 Å². The topological polar surface area (TPSA) is 11.4 Å². The van der Waals surface area contributed by atoms with Crippen molar-refractivity contribution < 1.29 is 4.39 Å². The summed E-state index contributed by atoms with van der Waals surface area (Å²) in [6.45, 7) is 2.12. The van der Waals surface area contributed by atoms with Crippen LogP contribution in [0.4, 0.5) is 38.5 Å². The predicted molar refractivity (Wildman–Crippen MR) is 255 cm³/mol. The average molecular weight is 786 g/mol. The van der Waals surface area contributed by atoms with Crippen molar-refractivity contribution in [1.82, 2.24) is 4.57 Å². The molecule has 0 saturated heterocycles. The third-order valence-corrected chi connectivity index (χ3v) is 11.9. The Balaban J connectivity index is 1.04. The lowest BCUT2D eigenvalue weighted by Gasteiger charge is -2.28. The number of hydrogen-bond acceptors (Lipinski definition) is 2. The summed E-state index contributed by atoms with van der Waals surface area (Å²) in [7, 11) is 0. The van der Waals surface area contributed by atoms with Crippen molar-refractivity contribution in [2.45, 2.75) is 6.92 Å². The van der Waals surface area contributed by atoms with Crippen LogP contribution in [0, 0.1) is 12.7 Å². The van der Waals surface area contributed by atoms with Gasteiger partial charge < -0.3 is 14.4 Å². The lowest BCUT2D eigenvalue weighted by molar-refractivity contribution is 0.628. The van der Waals surface area contributed by atoms with Gasteiger partial charge in [-0.3, -0.25) is 0 Å². The summed E-state index contributed by atoms with van der Waals surface area (Å²) in [5.74, 6) is -0.268. The molecule has 1 aromatic heterocycles. The van der Waals surface area contributed by atoms with Gasteiger partial charge in [-0.1, -0.05) is 133 Å². The minimum absolute atomic E-state index is 0.268. The number of aryl methyl sites for hydroxylation is 1. The van der Waals surface area contributed by atoms with Crippen molar-refractivity contribution in [2.75, 3.05) is 9.80 Å². The Bertz CT molecular complexity index is 3370. The van der Waals surface area contributed by atoms with Crippen molar-refractivity contribution in [3.63, 3.8) is 0 Å². The van der Waals surface area contributed by atoms with E-state index < -0.39 is 0 Å². The first-order chi connectivity index (χ1) is 30.1. The standard InChI is InChI=1S/C57H40FN3/c1-39-22-28-44(29-23-39)59(54-21-11-13-40-12-5-6-16-49(40)54)45-30-24-41(25-31-45)48-35-37-56(51-18-8-7-17-50(48)51)60(46-32-26-42(58)27-33-46)47-34-36-57-53(38-47)52-19-9-10-20-55(52)61(57)43-14-3-2-4-15-43/h2-38H,1H3. The van der Waals surface area contributed by atoms with E-state index in [4.69, 9.17) is 0 Å². The summed E-state index contributed by atoms with van der Waals surface area (Å²) >= 11 is 0. The second-order valence-corrected chi connectivity index (χ2v) is 15.6. The number of rotatable bonds is 8. The first-order valence-corrected chi connectivity index (χ1v) is 20.7. The molecule has 290 valence electrons. The molecule has 3 nitrogen and oxygen atoms in total. The average Bonchev–Trinajstić information content (AvgIpc) is 3.65. The monoisotopic (exact) mass is 785 g/mol. The van der Waals surface area contributed by atoms with Crippen LogP contribution in [0.3, 0.4) is 0 Å². The molecule has 10 aromatic carbocycles. The Morgan fingerprint density at radius 2 is 0.918 bits per heavy atom. The molecule has 0 unspecified atom stereocenters. The predicted octanol–water partition coefficient (Wildman–Crippen LogP) is 16.1. The van der Waals surface area contributed by atoms with Gasteiger partial charge in [-0.15, -0.1) is 0 Å². The number of para-hydroxylation sites is 2. The summed E-state index contributed by atoms with van der Waals surface area (Å²) in [4.78, 5) is 4.60. The summed E-state index contributed by atoms with van der Waals surface area (Å²) in [6.07, 6.45) is 0. The molecule has 0 amide bonds. The lowest BCUT2D eigenvalue weighted by Crippen LogP contribution is -2.11. The number of fused-ring (bicyclic) bond motifs is 5. The summed E-state index contributed by atoms with van der Waals surface area (Å²) in [5.41, 5.74) is 13.1. The third-order valence-electron chi connectivity index (χ3n) is 11.9. The second kappa shape index (κ2) is 15.0. The largest absolute Gasteiger partial charge is 0.310 e. The molecular formula is C57H40FN3. The van der Waals surface area contributed by atoms with Gasteiger partial charge in [0.1, 0.15) is 5.82 Å². The molecule has 0 fully saturated rings. The van der Waals surface area contributed by atoms with Crippen molar-refractivity contribution in [3.8, 4) is 16.8 Å². The summed E-state index contributed by atoms with van der Waals surface area (Å²) in [6, 6.07) is 78.3. The first-order valence-electron chi connectivity index (χ1n) is 20.7. The lowest BCUT2D eigenvalue weighted by atomic mass is 9.96. The molecule has 0 bridgehead atoms. The first kappa shape index (κ1) is 36.2. The smallest absolute Gasteiger partial charge is 0.123 e. The van der Waals surface area contributed by atoms with Crippen molar-refractivity contribution in [3.05, 3.63) is 236 Å². The van der Waals surface area contributed by atoms with Crippen LogP contribution in [0.2, 0.25) is 0 Å². The molecule has 0 aliphatic carbocycles. The minimum Gasteiger partial charge on any atom is -0.310 e. The van der Waals surface area contributed by atoms with Gasteiger partial charge in [-0.2, -0.15) is 0 Å². The zero-order valence-electron chi connectivity index (χ0n) is 33.6. The molecule has 0 aliphatic heterocycles. The Morgan fingerprint density at radius 1 is 0.377 bits per heavy atom. The number of aromatic nitrogens is 1. The number of anilines is 6.